The maximum Gasteiger partial charge on any atom is 0.340 e. The van der Waals surface area contributed by atoms with Gasteiger partial charge in [0.05, 0.1) is 22.2 Å². The minimum Gasteiger partial charge on any atom is -0.477 e. The highest BCUT2D eigenvalue weighted by atomic mass is 79.9. The van der Waals surface area contributed by atoms with Crippen molar-refractivity contribution in [2.75, 3.05) is 33.5 Å². The Bertz CT molecular complexity index is 1170. The first-order valence-corrected chi connectivity index (χ1v) is 12.5. The minimum atomic E-state index is -0.249. The Morgan fingerprint density at radius 1 is 1.15 bits per heavy atom. The number of likely N-dealkylation sites (tertiary alicyclic amines) is 1. The molecule has 0 spiro atoms. The van der Waals surface area contributed by atoms with Crippen LogP contribution in [0.4, 0.5) is 0 Å². The van der Waals surface area contributed by atoms with Gasteiger partial charge in [0.25, 0.3) is 0 Å². The fourth-order valence-electron chi connectivity index (χ4n) is 5.07. The zero-order valence-corrected chi connectivity index (χ0v) is 20.9. The molecule has 1 fully saturated rings. The average molecular weight is 512 g/mol. The first-order valence-electron chi connectivity index (χ1n) is 11.7. The van der Waals surface area contributed by atoms with Crippen LogP contribution in [0.5, 0.6) is 5.75 Å². The van der Waals surface area contributed by atoms with E-state index in [4.69, 9.17) is 9.47 Å². The van der Waals surface area contributed by atoms with E-state index in [0.717, 1.165) is 58.6 Å². The van der Waals surface area contributed by atoms with Crippen LogP contribution in [0.2, 0.25) is 0 Å². The van der Waals surface area contributed by atoms with Crippen molar-refractivity contribution in [3.63, 3.8) is 0 Å². The molecule has 0 radical (unpaired) electrons. The van der Waals surface area contributed by atoms with Gasteiger partial charge >= 0.3 is 5.97 Å². The topological polar surface area (TPSA) is 46.9 Å². The molecule has 0 bridgehead atoms. The van der Waals surface area contributed by atoms with Crippen molar-refractivity contribution in [1.82, 2.24) is 14.4 Å². The van der Waals surface area contributed by atoms with Crippen molar-refractivity contribution in [1.29, 1.82) is 0 Å². The highest BCUT2D eigenvalue weighted by Crippen LogP contribution is 2.43. The van der Waals surface area contributed by atoms with Crippen molar-refractivity contribution in [2.45, 2.75) is 39.4 Å². The van der Waals surface area contributed by atoms with Crippen molar-refractivity contribution >= 4 is 32.8 Å². The molecule has 2 aliphatic heterocycles. The zero-order valence-electron chi connectivity index (χ0n) is 19.3. The quantitative estimate of drug-likeness (QED) is 0.435. The Hall–Kier alpha value is -2.35. The molecule has 0 unspecified atom stereocenters. The smallest absolute Gasteiger partial charge is 0.340 e. The minimum absolute atomic E-state index is 0.249. The highest BCUT2D eigenvalue weighted by molar-refractivity contribution is 9.10. The number of fused-ring (bicyclic) bond motifs is 3. The van der Waals surface area contributed by atoms with Gasteiger partial charge < -0.3 is 14.0 Å². The fourth-order valence-corrected chi connectivity index (χ4v) is 5.64. The van der Waals surface area contributed by atoms with E-state index in [2.05, 4.69) is 60.6 Å². The monoisotopic (exact) mass is 511 g/mol. The van der Waals surface area contributed by atoms with Gasteiger partial charge in [0, 0.05) is 36.3 Å². The van der Waals surface area contributed by atoms with Gasteiger partial charge in [-0.05, 0) is 67.5 Å². The van der Waals surface area contributed by atoms with Gasteiger partial charge in [0.15, 0.2) is 0 Å². The number of benzene rings is 2. The Labute approximate surface area is 203 Å². The molecule has 3 heterocycles. The number of ether oxygens (including phenoxy) is 2. The molecule has 0 atom stereocenters. The number of esters is 1. The maximum atomic E-state index is 13.5. The van der Waals surface area contributed by atoms with Gasteiger partial charge in [-0.1, -0.05) is 30.3 Å². The Kier molecular flexibility index (Phi) is 6.45. The van der Waals surface area contributed by atoms with Crippen molar-refractivity contribution in [3.8, 4) is 5.75 Å². The molecule has 1 saturated heterocycles. The third kappa shape index (κ3) is 4.29. The van der Waals surface area contributed by atoms with E-state index in [1.54, 1.807) is 0 Å². The summed E-state index contributed by atoms with van der Waals surface area (Å²) in [5, 5.41) is 0.961. The van der Waals surface area contributed by atoms with Crippen molar-refractivity contribution in [2.24, 2.45) is 0 Å². The molecular weight excluding hydrogens is 482 g/mol. The van der Waals surface area contributed by atoms with E-state index in [1.165, 1.54) is 18.4 Å². The molecule has 2 aromatic carbocycles. The van der Waals surface area contributed by atoms with Crippen LogP contribution in [-0.2, 0) is 24.4 Å². The normalized spacial score (nSPS) is 16.7. The van der Waals surface area contributed by atoms with Gasteiger partial charge in [-0.2, -0.15) is 0 Å². The lowest BCUT2D eigenvalue weighted by Gasteiger charge is -2.27. The maximum absolute atomic E-state index is 13.5. The van der Waals surface area contributed by atoms with Crippen LogP contribution < -0.4 is 4.74 Å². The second-order valence-electron chi connectivity index (χ2n) is 8.94. The van der Waals surface area contributed by atoms with Gasteiger partial charge in [0.2, 0.25) is 0 Å². The van der Waals surface area contributed by atoms with Crippen LogP contribution in [0, 0.1) is 0 Å². The Morgan fingerprint density at radius 3 is 2.64 bits per heavy atom. The summed E-state index contributed by atoms with van der Waals surface area (Å²) in [7, 11) is 2.03. The lowest BCUT2D eigenvalue weighted by molar-refractivity contribution is 0.0525. The molecule has 0 amide bonds. The fraction of sp³-hybridized carbons (Fsp3) is 0.423. The van der Waals surface area contributed by atoms with Gasteiger partial charge in [0.1, 0.15) is 12.5 Å². The van der Waals surface area contributed by atoms with Crippen LogP contribution in [0.15, 0.2) is 40.9 Å². The second kappa shape index (κ2) is 9.49. The molecule has 0 aliphatic carbocycles. The highest BCUT2D eigenvalue weighted by Gasteiger charge is 2.31. The largest absolute Gasteiger partial charge is 0.477 e. The third-order valence-electron chi connectivity index (χ3n) is 6.56. The van der Waals surface area contributed by atoms with E-state index < -0.39 is 0 Å². The van der Waals surface area contributed by atoms with Crippen LogP contribution >= 0.6 is 15.9 Å². The zero-order chi connectivity index (χ0) is 22.9. The molecule has 6 nitrogen and oxygen atoms in total. The van der Waals surface area contributed by atoms with Crippen molar-refractivity contribution in [3.05, 3.63) is 63.3 Å². The van der Waals surface area contributed by atoms with Crippen molar-refractivity contribution < 1.29 is 14.3 Å². The molecule has 5 rings (SSSR count). The van der Waals surface area contributed by atoms with E-state index in [0.29, 0.717) is 25.4 Å². The summed E-state index contributed by atoms with van der Waals surface area (Å²) in [6, 6.07) is 12.5. The molecular formula is C26H30BrN3O3. The lowest BCUT2D eigenvalue weighted by Crippen LogP contribution is -2.28. The Balaban J connectivity index is 1.78. The third-order valence-corrected chi connectivity index (χ3v) is 7.15. The number of halogens is 1. The Morgan fingerprint density at radius 2 is 1.91 bits per heavy atom. The summed E-state index contributed by atoms with van der Waals surface area (Å²) in [6.07, 6.45) is 2.40. The van der Waals surface area contributed by atoms with Gasteiger partial charge in [-0.15, -0.1) is 0 Å². The predicted molar refractivity (Wildman–Crippen MR) is 133 cm³/mol. The first-order chi connectivity index (χ1) is 16.1. The number of rotatable bonds is 6. The number of carbonyl (C=O) groups is 1. The molecule has 1 aromatic heterocycles. The molecule has 33 heavy (non-hydrogen) atoms. The summed E-state index contributed by atoms with van der Waals surface area (Å²) in [5.74, 6) is 0.581. The SMILES string of the molecule is CCOC(=O)c1c(CN2CCCC2)n(Cc2ccccc2)c2cc(Br)c3c(c12)CN(C)CO3. The predicted octanol–water partition coefficient (Wildman–Crippen LogP) is 5.01. The van der Waals surface area contributed by atoms with Crippen LogP contribution in [0.3, 0.4) is 0 Å². The molecule has 0 saturated carbocycles. The number of aromatic nitrogens is 1. The number of hydrogen-bond donors (Lipinski definition) is 0. The number of nitrogens with zero attached hydrogens (tertiary/aromatic N) is 3. The molecule has 2 aliphatic rings. The van der Waals surface area contributed by atoms with E-state index in [1.807, 2.05) is 20.0 Å². The molecule has 3 aromatic rings. The van der Waals surface area contributed by atoms with Crippen LogP contribution in [0.1, 0.15) is 46.9 Å². The molecule has 0 N–H and O–H groups in total. The standard InChI is InChI=1S/C26H30BrN3O3/c1-3-32-26(31)24-22(16-29-11-7-8-12-29)30(14-18-9-5-4-6-10-18)21-13-20(27)25-19(23(21)24)15-28(2)17-33-25/h4-6,9-10,13H,3,7-8,11-12,14-17H2,1-2H3. The van der Waals surface area contributed by atoms with E-state index in [-0.39, 0.29) is 5.97 Å². The lowest BCUT2D eigenvalue weighted by atomic mass is 10.0. The van der Waals surface area contributed by atoms with Crippen LogP contribution in [-0.4, -0.2) is 53.8 Å². The van der Waals surface area contributed by atoms with E-state index >= 15 is 0 Å². The summed E-state index contributed by atoms with van der Waals surface area (Å²) in [6.45, 7) is 7.01. The van der Waals surface area contributed by atoms with E-state index in [9.17, 15) is 4.79 Å². The van der Waals surface area contributed by atoms with Crippen LogP contribution in [0.25, 0.3) is 10.9 Å². The summed E-state index contributed by atoms with van der Waals surface area (Å²) in [5.41, 5.74) is 5.01. The number of hydrogen-bond acceptors (Lipinski definition) is 5. The van der Waals surface area contributed by atoms with Gasteiger partial charge in [-0.3, -0.25) is 9.80 Å². The van der Waals surface area contributed by atoms with Gasteiger partial charge in [-0.25, -0.2) is 4.79 Å². The summed E-state index contributed by atoms with van der Waals surface area (Å²) < 4.78 is 14.9. The molecule has 7 heteroatoms. The summed E-state index contributed by atoms with van der Waals surface area (Å²) >= 11 is 3.75. The second-order valence-corrected chi connectivity index (χ2v) is 9.80. The number of carbonyl (C=O) groups excluding carboxylic acids is 1. The average Bonchev–Trinajstić information content (AvgIpc) is 3.42. The summed E-state index contributed by atoms with van der Waals surface area (Å²) in [4.78, 5) is 18.0. The first kappa shape index (κ1) is 22.4. The molecule has 174 valence electrons.